The summed E-state index contributed by atoms with van der Waals surface area (Å²) in [6.07, 6.45) is 4.80. The Morgan fingerprint density at radius 1 is 1.46 bits per heavy atom. The van der Waals surface area contributed by atoms with E-state index in [1.165, 1.54) is 0 Å². The minimum Gasteiger partial charge on any atom is -0.320 e. The second-order valence-electron chi connectivity index (χ2n) is 3.15. The van der Waals surface area contributed by atoms with Gasteiger partial charge in [-0.05, 0) is 32.0 Å². The first-order valence-electron chi connectivity index (χ1n) is 4.43. The lowest BCUT2D eigenvalue weighted by Crippen LogP contribution is -2.11. The van der Waals surface area contributed by atoms with Crippen LogP contribution in [0, 0.1) is 5.92 Å². The monoisotopic (exact) mass is 199 g/mol. The standard InChI is InChI=1S/C11H18ClN/c1-9(5-6-11(3)12)10(2)7-8-13-4/h5-6,10,13H,1,3,7-8H2,2,4H3/b6-5-. The molecular weight excluding hydrogens is 182 g/mol. The Kier molecular flexibility index (Phi) is 6.65. The van der Waals surface area contributed by atoms with Crippen molar-refractivity contribution < 1.29 is 0 Å². The quantitative estimate of drug-likeness (QED) is 0.649. The van der Waals surface area contributed by atoms with E-state index in [0.717, 1.165) is 18.5 Å². The first-order chi connectivity index (χ1) is 6.07. The van der Waals surface area contributed by atoms with Crippen molar-refractivity contribution in [3.05, 3.63) is 35.9 Å². The zero-order valence-electron chi connectivity index (χ0n) is 8.44. The lowest BCUT2D eigenvalue weighted by molar-refractivity contribution is 0.595. The van der Waals surface area contributed by atoms with Crippen molar-refractivity contribution in [2.45, 2.75) is 13.3 Å². The number of nitrogens with one attached hydrogen (secondary N) is 1. The molecule has 13 heavy (non-hydrogen) atoms. The van der Waals surface area contributed by atoms with E-state index in [4.69, 9.17) is 11.6 Å². The molecular formula is C11H18ClN. The lowest BCUT2D eigenvalue weighted by Gasteiger charge is -2.10. The molecule has 1 nitrogen and oxygen atoms in total. The molecule has 0 aliphatic carbocycles. The Morgan fingerprint density at radius 2 is 2.08 bits per heavy atom. The Hall–Kier alpha value is -0.530. The molecule has 0 fully saturated rings. The predicted molar refractivity (Wildman–Crippen MR) is 61.0 cm³/mol. The van der Waals surface area contributed by atoms with Crippen LogP contribution in [0.5, 0.6) is 0 Å². The highest BCUT2D eigenvalue weighted by molar-refractivity contribution is 6.30. The van der Waals surface area contributed by atoms with E-state index in [1.54, 1.807) is 6.08 Å². The van der Waals surface area contributed by atoms with E-state index in [2.05, 4.69) is 25.4 Å². The fourth-order valence-corrected chi connectivity index (χ4v) is 0.971. The van der Waals surface area contributed by atoms with Crippen molar-refractivity contribution in [1.82, 2.24) is 5.32 Å². The third-order valence-electron chi connectivity index (χ3n) is 1.94. The third kappa shape index (κ3) is 6.62. The molecule has 0 saturated heterocycles. The van der Waals surface area contributed by atoms with Gasteiger partial charge in [0.1, 0.15) is 0 Å². The molecule has 0 aromatic rings. The maximum absolute atomic E-state index is 5.60. The van der Waals surface area contributed by atoms with Gasteiger partial charge in [0.15, 0.2) is 0 Å². The summed E-state index contributed by atoms with van der Waals surface area (Å²) in [5.74, 6) is 0.486. The Morgan fingerprint density at radius 3 is 2.54 bits per heavy atom. The molecule has 0 spiro atoms. The second kappa shape index (κ2) is 6.93. The maximum atomic E-state index is 5.60. The molecule has 1 atom stereocenters. The molecule has 0 saturated carbocycles. The average Bonchev–Trinajstić information content (AvgIpc) is 2.10. The third-order valence-corrected chi connectivity index (χ3v) is 2.06. The number of hydrogen-bond donors (Lipinski definition) is 1. The summed E-state index contributed by atoms with van der Waals surface area (Å²) in [6.45, 7) is 10.7. The summed E-state index contributed by atoms with van der Waals surface area (Å²) < 4.78 is 0. The molecule has 0 bridgehead atoms. The van der Waals surface area contributed by atoms with Crippen molar-refractivity contribution >= 4 is 11.6 Å². The van der Waals surface area contributed by atoms with E-state index in [1.807, 2.05) is 13.1 Å². The van der Waals surface area contributed by atoms with Gasteiger partial charge in [-0.1, -0.05) is 43.3 Å². The van der Waals surface area contributed by atoms with E-state index < -0.39 is 0 Å². The minimum absolute atomic E-state index is 0.486. The number of rotatable bonds is 6. The summed E-state index contributed by atoms with van der Waals surface area (Å²) in [5.41, 5.74) is 1.09. The van der Waals surface area contributed by atoms with Crippen molar-refractivity contribution in [2.75, 3.05) is 13.6 Å². The van der Waals surface area contributed by atoms with Gasteiger partial charge in [-0.25, -0.2) is 0 Å². The molecule has 1 unspecified atom stereocenters. The molecule has 0 aromatic heterocycles. The zero-order valence-corrected chi connectivity index (χ0v) is 9.19. The van der Waals surface area contributed by atoms with Crippen molar-refractivity contribution in [1.29, 1.82) is 0 Å². The topological polar surface area (TPSA) is 12.0 Å². The zero-order chi connectivity index (χ0) is 10.3. The molecule has 0 aliphatic heterocycles. The number of hydrogen-bond acceptors (Lipinski definition) is 1. The van der Waals surface area contributed by atoms with Crippen molar-refractivity contribution in [3.8, 4) is 0 Å². The van der Waals surface area contributed by atoms with Crippen molar-refractivity contribution in [2.24, 2.45) is 5.92 Å². The number of halogens is 1. The van der Waals surface area contributed by atoms with Crippen LogP contribution in [0.4, 0.5) is 0 Å². The van der Waals surface area contributed by atoms with E-state index in [0.29, 0.717) is 11.0 Å². The van der Waals surface area contributed by atoms with Crippen LogP contribution < -0.4 is 5.32 Å². The fourth-order valence-electron chi connectivity index (χ4n) is 0.908. The van der Waals surface area contributed by atoms with Gasteiger partial charge < -0.3 is 5.32 Å². The molecule has 1 N–H and O–H groups in total. The van der Waals surface area contributed by atoms with Crippen LogP contribution in [0.15, 0.2) is 35.9 Å². The van der Waals surface area contributed by atoms with Crippen LogP contribution in [0.25, 0.3) is 0 Å². The summed E-state index contributed by atoms with van der Waals surface area (Å²) in [7, 11) is 1.95. The van der Waals surface area contributed by atoms with Crippen LogP contribution in [0.1, 0.15) is 13.3 Å². The van der Waals surface area contributed by atoms with Crippen LogP contribution in [-0.2, 0) is 0 Å². The molecule has 0 rings (SSSR count). The van der Waals surface area contributed by atoms with Gasteiger partial charge in [0.05, 0.1) is 0 Å². The van der Waals surface area contributed by atoms with Gasteiger partial charge in [-0.15, -0.1) is 0 Å². The fraction of sp³-hybridized carbons (Fsp3) is 0.455. The molecule has 0 aliphatic rings. The average molecular weight is 200 g/mol. The van der Waals surface area contributed by atoms with Crippen LogP contribution >= 0.6 is 11.6 Å². The van der Waals surface area contributed by atoms with Gasteiger partial charge in [-0.2, -0.15) is 0 Å². The Balaban J connectivity index is 3.89. The molecule has 0 heterocycles. The molecule has 0 amide bonds. The SMILES string of the molecule is C=C(Cl)/C=C\C(=C)C(C)CCNC. The molecule has 74 valence electrons. The minimum atomic E-state index is 0.486. The maximum Gasteiger partial charge on any atom is 0.0334 e. The highest BCUT2D eigenvalue weighted by atomic mass is 35.5. The van der Waals surface area contributed by atoms with Crippen molar-refractivity contribution in [3.63, 3.8) is 0 Å². The van der Waals surface area contributed by atoms with E-state index >= 15 is 0 Å². The van der Waals surface area contributed by atoms with Gasteiger partial charge in [-0.3, -0.25) is 0 Å². The number of allylic oxidation sites excluding steroid dienone is 4. The summed E-state index contributed by atoms with van der Waals surface area (Å²) in [4.78, 5) is 0. The lowest BCUT2D eigenvalue weighted by atomic mass is 9.99. The molecule has 0 aromatic carbocycles. The summed E-state index contributed by atoms with van der Waals surface area (Å²) in [5, 5.41) is 3.65. The molecule has 0 radical (unpaired) electrons. The van der Waals surface area contributed by atoms with Gasteiger partial charge in [0.2, 0.25) is 0 Å². The van der Waals surface area contributed by atoms with E-state index in [-0.39, 0.29) is 0 Å². The first-order valence-corrected chi connectivity index (χ1v) is 4.81. The predicted octanol–water partition coefficient (Wildman–Crippen LogP) is 3.10. The van der Waals surface area contributed by atoms with Crippen LogP contribution in [0.3, 0.4) is 0 Å². The van der Waals surface area contributed by atoms with E-state index in [9.17, 15) is 0 Å². The Labute approximate surface area is 86.2 Å². The Bertz CT molecular complexity index is 206. The smallest absolute Gasteiger partial charge is 0.0334 e. The van der Waals surface area contributed by atoms with Crippen LogP contribution in [0.2, 0.25) is 0 Å². The van der Waals surface area contributed by atoms with Gasteiger partial charge >= 0.3 is 0 Å². The normalized spacial score (nSPS) is 13.2. The highest BCUT2D eigenvalue weighted by Crippen LogP contribution is 2.14. The first kappa shape index (κ1) is 12.5. The highest BCUT2D eigenvalue weighted by Gasteiger charge is 2.02. The summed E-state index contributed by atoms with van der Waals surface area (Å²) >= 11 is 5.60. The summed E-state index contributed by atoms with van der Waals surface area (Å²) in [6, 6.07) is 0. The van der Waals surface area contributed by atoms with Crippen LogP contribution in [-0.4, -0.2) is 13.6 Å². The molecule has 2 heteroatoms. The largest absolute Gasteiger partial charge is 0.320 e. The second-order valence-corrected chi connectivity index (χ2v) is 3.63. The van der Waals surface area contributed by atoms with Gasteiger partial charge in [0, 0.05) is 5.03 Å². The van der Waals surface area contributed by atoms with Gasteiger partial charge in [0.25, 0.3) is 0 Å².